The van der Waals surface area contributed by atoms with Gasteiger partial charge in [-0.25, -0.2) is 0 Å². The van der Waals surface area contributed by atoms with Gasteiger partial charge in [0.05, 0.1) is 6.54 Å². The van der Waals surface area contributed by atoms with Gasteiger partial charge in [-0.05, 0) is 6.08 Å². The summed E-state index contributed by atoms with van der Waals surface area (Å²) in [5.74, 6) is 0. The van der Waals surface area contributed by atoms with Crippen molar-refractivity contribution in [1.82, 2.24) is 0 Å². The summed E-state index contributed by atoms with van der Waals surface area (Å²) in [6, 6.07) is 0. The number of rotatable bonds is 2. The van der Waals surface area contributed by atoms with Crippen molar-refractivity contribution in [1.29, 1.82) is 0 Å². The average molecular weight is 93.1 g/mol. The molecule has 0 N–H and O–H groups in total. The van der Waals surface area contributed by atoms with Gasteiger partial charge in [-0.3, -0.25) is 4.99 Å². The second-order valence-corrected chi connectivity index (χ2v) is 1.49. The lowest BCUT2D eigenvalue weighted by atomic mass is 10.3. The molecular formula is C6H7N. The first-order valence-electron chi connectivity index (χ1n) is 2.30. The largest absolute Gasteiger partial charge is 0.286 e. The maximum absolute atomic E-state index is 3.96. The van der Waals surface area contributed by atoms with Gasteiger partial charge < -0.3 is 0 Å². The summed E-state index contributed by atoms with van der Waals surface area (Å²) in [6.07, 6.45) is 2.86. The first-order valence-corrected chi connectivity index (χ1v) is 2.30. The lowest BCUT2D eigenvalue weighted by Gasteiger charge is -1.68. The zero-order valence-corrected chi connectivity index (χ0v) is 4.15. The highest BCUT2D eigenvalue weighted by atomic mass is 14.9. The fourth-order valence-electron chi connectivity index (χ4n) is 0.375. The van der Waals surface area contributed by atoms with Gasteiger partial charge in [-0.15, -0.1) is 5.73 Å². The quantitative estimate of drug-likeness (QED) is 0.454. The Hall–Kier alpha value is -0.810. The number of aliphatic imine (C=N–C) groups is 1. The summed E-state index contributed by atoms with van der Waals surface area (Å²) >= 11 is 0. The maximum atomic E-state index is 3.96. The SMILES string of the molecule is C=C=CCC1=NC1. The van der Waals surface area contributed by atoms with Crippen molar-refractivity contribution >= 4 is 5.71 Å². The third kappa shape index (κ3) is 1.38. The highest BCUT2D eigenvalue weighted by Crippen LogP contribution is 2.00. The molecule has 0 saturated carbocycles. The number of hydrogen-bond donors (Lipinski definition) is 0. The molecule has 0 aromatic carbocycles. The van der Waals surface area contributed by atoms with Crippen LogP contribution in [0.5, 0.6) is 0 Å². The van der Waals surface area contributed by atoms with E-state index in [-0.39, 0.29) is 0 Å². The van der Waals surface area contributed by atoms with Crippen molar-refractivity contribution in [3.8, 4) is 0 Å². The molecule has 0 bridgehead atoms. The van der Waals surface area contributed by atoms with E-state index in [1.807, 2.05) is 6.08 Å². The van der Waals surface area contributed by atoms with Gasteiger partial charge in [0.15, 0.2) is 0 Å². The molecule has 7 heavy (non-hydrogen) atoms. The van der Waals surface area contributed by atoms with Crippen molar-refractivity contribution in [2.75, 3.05) is 6.54 Å². The lowest BCUT2D eigenvalue weighted by molar-refractivity contribution is 1.52. The van der Waals surface area contributed by atoms with Crippen molar-refractivity contribution in [2.24, 2.45) is 4.99 Å². The summed E-state index contributed by atoms with van der Waals surface area (Å²) < 4.78 is 0. The van der Waals surface area contributed by atoms with E-state index in [4.69, 9.17) is 0 Å². The Morgan fingerprint density at radius 3 is 3.14 bits per heavy atom. The standard InChI is InChI=1S/C6H7N/c1-2-3-4-6-5-7-6/h3H,1,4-5H2. The number of nitrogens with zero attached hydrogens (tertiary/aromatic N) is 1. The van der Waals surface area contributed by atoms with Crippen LogP contribution in [0, 0.1) is 0 Å². The van der Waals surface area contributed by atoms with Gasteiger partial charge >= 0.3 is 0 Å². The molecule has 1 nitrogen and oxygen atoms in total. The molecular weight excluding hydrogens is 86.1 g/mol. The van der Waals surface area contributed by atoms with Crippen LogP contribution < -0.4 is 0 Å². The fourth-order valence-corrected chi connectivity index (χ4v) is 0.375. The highest BCUT2D eigenvalue weighted by Gasteiger charge is 2.04. The minimum Gasteiger partial charge on any atom is -0.286 e. The molecule has 0 fully saturated rings. The smallest absolute Gasteiger partial charge is 0.0771 e. The Balaban J connectivity index is 2.22. The highest BCUT2D eigenvalue weighted by molar-refractivity contribution is 5.97. The Kier molecular flexibility index (Phi) is 1.10. The Morgan fingerprint density at radius 2 is 2.71 bits per heavy atom. The predicted molar refractivity (Wildman–Crippen MR) is 30.6 cm³/mol. The minimum absolute atomic E-state index is 0.962. The van der Waals surface area contributed by atoms with E-state index in [9.17, 15) is 0 Å². The molecule has 0 radical (unpaired) electrons. The first kappa shape index (κ1) is 4.35. The van der Waals surface area contributed by atoms with Crippen molar-refractivity contribution in [3.63, 3.8) is 0 Å². The molecule has 0 atom stereocenters. The van der Waals surface area contributed by atoms with Crippen LogP contribution in [0.25, 0.3) is 0 Å². The maximum Gasteiger partial charge on any atom is 0.0771 e. The molecule has 0 amide bonds. The summed E-state index contributed by atoms with van der Waals surface area (Å²) in [5.41, 5.74) is 3.96. The Bertz CT molecular complexity index is 138. The van der Waals surface area contributed by atoms with Crippen LogP contribution in [0.4, 0.5) is 0 Å². The molecule has 36 valence electrons. The molecule has 0 aromatic rings. The summed E-state index contributed by atoms with van der Waals surface area (Å²) in [4.78, 5) is 3.96. The molecule has 1 aliphatic heterocycles. The average Bonchev–Trinajstić information content (AvgIpc) is 2.42. The van der Waals surface area contributed by atoms with Crippen LogP contribution in [0.1, 0.15) is 6.42 Å². The molecule has 0 aromatic heterocycles. The summed E-state index contributed by atoms with van der Waals surface area (Å²) in [5, 5.41) is 0. The second kappa shape index (κ2) is 1.76. The van der Waals surface area contributed by atoms with E-state index in [1.54, 1.807) is 0 Å². The van der Waals surface area contributed by atoms with Gasteiger partial charge in [-0.1, -0.05) is 6.58 Å². The van der Waals surface area contributed by atoms with E-state index in [1.165, 1.54) is 5.71 Å². The van der Waals surface area contributed by atoms with Crippen molar-refractivity contribution in [2.45, 2.75) is 6.42 Å². The zero-order valence-electron chi connectivity index (χ0n) is 4.15. The van der Waals surface area contributed by atoms with Crippen LogP contribution in [-0.4, -0.2) is 12.3 Å². The molecule has 0 saturated heterocycles. The fraction of sp³-hybridized carbons (Fsp3) is 0.333. The van der Waals surface area contributed by atoms with Crippen LogP contribution in [-0.2, 0) is 0 Å². The van der Waals surface area contributed by atoms with E-state index in [0.29, 0.717) is 0 Å². The van der Waals surface area contributed by atoms with Crippen LogP contribution in [0.2, 0.25) is 0 Å². The van der Waals surface area contributed by atoms with Crippen LogP contribution in [0.15, 0.2) is 23.4 Å². The third-order valence-corrected chi connectivity index (χ3v) is 0.864. The normalized spacial score (nSPS) is 14.6. The van der Waals surface area contributed by atoms with Crippen molar-refractivity contribution in [3.05, 3.63) is 18.4 Å². The molecule has 0 spiro atoms. The molecule has 1 rings (SSSR count). The lowest BCUT2D eigenvalue weighted by Crippen LogP contribution is -1.73. The zero-order chi connectivity index (χ0) is 5.11. The molecule has 1 aliphatic rings. The molecule has 1 heteroatoms. The van der Waals surface area contributed by atoms with Gasteiger partial charge in [0.1, 0.15) is 0 Å². The van der Waals surface area contributed by atoms with E-state index < -0.39 is 0 Å². The molecule has 1 heterocycles. The monoisotopic (exact) mass is 93.1 g/mol. The first-order chi connectivity index (χ1) is 3.43. The third-order valence-electron chi connectivity index (χ3n) is 0.864. The molecule has 0 aliphatic carbocycles. The van der Waals surface area contributed by atoms with E-state index in [0.717, 1.165) is 13.0 Å². The van der Waals surface area contributed by atoms with Gasteiger partial charge in [0.2, 0.25) is 0 Å². The van der Waals surface area contributed by atoms with E-state index >= 15 is 0 Å². The Labute approximate surface area is 43.1 Å². The van der Waals surface area contributed by atoms with Gasteiger partial charge in [-0.2, -0.15) is 0 Å². The molecule has 0 unspecified atom stereocenters. The second-order valence-electron chi connectivity index (χ2n) is 1.49. The minimum atomic E-state index is 0.962. The van der Waals surface area contributed by atoms with Crippen LogP contribution >= 0.6 is 0 Å². The number of hydrogen-bond acceptors (Lipinski definition) is 1. The van der Waals surface area contributed by atoms with Crippen molar-refractivity contribution < 1.29 is 0 Å². The van der Waals surface area contributed by atoms with Gasteiger partial charge in [0.25, 0.3) is 0 Å². The van der Waals surface area contributed by atoms with Gasteiger partial charge in [0, 0.05) is 12.1 Å². The van der Waals surface area contributed by atoms with E-state index in [2.05, 4.69) is 17.3 Å². The Morgan fingerprint density at radius 1 is 2.00 bits per heavy atom. The van der Waals surface area contributed by atoms with Crippen LogP contribution in [0.3, 0.4) is 0 Å². The summed E-state index contributed by atoms with van der Waals surface area (Å²) in [7, 11) is 0. The topological polar surface area (TPSA) is 12.4 Å². The number of allylic oxidation sites excluding steroid dienone is 1. The summed E-state index contributed by atoms with van der Waals surface area (Å²) in [6.45, 7) is 4.40. The predicted octanol–water partition coefficient (Wildman–Crippen LogP) is 1.17.